The van der Waals surface area contributed by atoms with Gasteiger partial charge in [-0.1, -0.05) is 0 Å². The molecule has 1 saturated heterocycles. The minimum atomic E-state index is -0.407. The van der Waals surface area contributed by atoms with Crippen LogP contribution in [0.1, 0.15) is 33.6 Å². The van der Waals surface area contributed by atoms with Crippen LogP contribution in [-0.2, 0) is 4.74 Å². The van der Waals surface area contributed by atoms with E-state index in [1.807, 2.05) is 38.7 Å². The monoisotopic (exact) mass is 241 g/mol. The molecule has 2 aliphatic heterocycles. The lowest BCUT2D eigenvalue weighted by Crippen LogP contribution is -2.36. The van der Waals surface area contributed by atoms with Crippen LogP contribution in [-0.4, -0.2) is 28.9 Å². The van der Waals surface area contributed by atoms with Gasteiger partial charge in [-0.25, -0.2) is 4.79 Å². The van der Waals surface area contributed by atoms with Crippen LogP contribution < -0.4 is 0 Å². The van der Waals surface area contributed by atoms with Crippen molar-refractivity contribution in [1.29, 1.82) is 0 Å². The largest absolute Gasteiger partial charge is 0.443 e. The van der Waals surface area contributed by atoms with Gasteiger partial charge in [-0.05, 0) is 45.3 Å². The average molecular weight is 241 g/mol. The van der Waals surface area contributed by atoms with E-state index in [1.54, 1.807) is 4.90 Å². The summed E-state index contributed by atoms with van der Waals surface area (Å²) >= 11 is 1.88. The summed E-state index contributed by atoms with van der Waals surface area (Å²) in [5.74, 6) is 1.89. The standard InChI is InChI=1S/C12H19NO2S/c1-12(2,3)15-11(14)13-6-4-9-5-7-16-10(9)8-13/h8-9H,4-7H2,1-3H3. The number of ether oxygens (including phenoxy) is 1. The molecule has 0 saturated carbocycles. The molecule has 0 spiro atoms. The van der Waals surface area contributed by atoms with E-state index in [0.717, 1.165) is 13.0 Å². The Bertz CT molecular complexity index is 319. The summed E-state index contributed by atoms with van der Waals surface area (Å²) in [5.41, 5.74) is -0.407. The number of rotatable bonds is 0. The van der Waals surface area contributed by atoms with Crippen molar-refractivity contribution in [2.24, 2.45) is 5.92 Å². The Morgan fingerprint density at radius 3 is 2.94 bits per heavy atom. The van der Waals surface area contributed by atoms with Crippen molar-refractivity contribution in [1.82, 2.24) is 4.90 Å². The summed E-state index contributed by atoms with van der Waals surface area (Å²) < 4.78 is 5.36. The van der Waals surface area contributed by atoms with Crippen molar-refractivity contribution in [2.75, 3.05) is 12.3 Å². The molecule has 2 heterocycles. The van der Waals surface area contributed by atoms with E-state index in [1.165, 1.54) is 17.1 Å². The van der Waals surface area contributed by atoms with Crippen LogP contribution in [0, 0.1) is 5.92 Å². The summed E-state index contributed by atoms with van der Waals surface area (Å²) in [7, 11) is 0. The molecule has 4 heteroatoms. The van der Waals surface area contributed by atoms with Gasteiger partial charge in [-0.15, -0.1) is 11.8 Å². The predicted octanol–water partition coefficient (Wildman–Crippen LogP) is 3.22. The first-order valence-corrected chi connectivity index (χ1v) is 6.78. The van der Waals surface area contributed by atoms with E-state index in [0.29, 0.717) is 5.92 Å². The van der Waals surface area contributed by atoms with Gasteiger partial charge in [0.2, 0.25) is 0 Å². The average Bonchev–Trinajstić information content (AvgIpc) is 2.61. The van der Waals surface area contributed by atoms with Gasteiger partial charge in [0.1, 0.15) is 5.60 Å². The first-order chi connectivity index (χ1) is 7.46. The van der Waals surface area contributed by atoms with Gasteiger partial charge < -0.3 is 4.74 Å². The van der Waals surface area contributed by atoms with Crippen LogP contribution in [0.25, 0.3) is 0 Å². The molecule has 90 valence electrons. The molecule has 0 bridgehead atoms. The SMILES string of the molecule is CC(C)(C)OC(=O)N1C=C2SCCC2CC1. The number of carbonyl (C=O) groups is 1. The fourth-order valence-corrected chi connectivity index (χ4v) is 3.30. The number of carbonyl (C=O) groups excluding carboxylic acids is 1. The smallest absolute Gasteiger partial charge is 0.414 e. The zero-order chi connectivity index (χ0) is 11.8. The Kier molecular flexibility index (Phi) is 3.19. The van der Waals surface area contributed by atoms with Crippen LogP contribution >= 0.6 is 11.8 Å². The van der Waals surface area contributed by atoms with Crippen LogP contribution in [0.5, 0.6) is 0 Å². The van der Waals surface area contributed by atoms with Gasteiger partial charge in [0.15, 0.2) is 0 Å². The molecule has 3 nitrogen and oxygen atoms in total. The van der Waals surface area contributed by atoms with E-state index < -0.39 is 5.60 Å². The summed E-state index contributed by atoms with van der Waals surface area (Å²) in [6.07, 6.45) is 4.11. The van der Waals surface area contributed by atoms with Crippen molar-refractivity contribution >= 4 is 17.9 Å². The predicted molar refractivity (Wildman–Crippen MR) is 66.2 cm³/mol. The molecule has 0 aromatic carbocycles. The molecule has 1 atom stereocenters. The van der Waals surface area contributed by atoms with Gasteiger partial charge in [0.05, 0.1) is 0 Å². The third kappa shape index (κ3) is 2.73. The third-order valence-electron chi connectivity index (χ3n) is 2.77. The van der Waals surface area contributed by atoms with Gasteiger partial charge in [-0.2, -0.15) is 0 Å². The number of hydrogen-bond acceptors (Lipinski definition) is 3. The second kappa shape index (κ2) is 4.32. The topological polar surface area (TPSA) is 29.5 Å². The van der Waals surface area contributed by atoms with E-state index in [9.17, 15) is 4.79 Å². The molecule has 1 unspecified atom stereocenters. The maximum absolute atomic E-state index is 11.9. The summed E-state index contributed by atoms with van der Waals surface area (Å²) in [4.78, 5) is 14.9. The number of thioether (sulfide) groups is 1. The number of allylic oxidation sites excluding steroid dienone is 1. The lowest BCUT2D eigenvalue weighted by atomic mass is 10.00. The number of amides is 1. The lowest BCUT2D eigenvalue weighted by Gasteiger charge is -2.29. The Morgan fingerprint density at radius 2 is 2.25 bits per heavy atom. The summed E-state index contributed by atoms with van der Waals surface area (Å²) in [6.45, 7) is 6.49. The quantitative estimate of drug-likeness (QED) is 0.652. The number of hydrogen-bond donors (Lipinski definition) is 0. The maximum atomic E-state index is 11.9. The molecule has 0 N–H and O–H groups in total. The van der Waals surface area contributed by atoms with Gasteiger partial charge in [0, 0.05) is 17.6 Å². The second-order valence-electron chi connectivity index (χ2n) is 5.33. The van der Waals surface area contributed by atoms with Crippen molar-refractivity contribution in [2.45, 2.75) is 39.2 Å². The molecule has 0 aromatic heterocycles. The van der Waals surface area contributed by atoms with Crippen LogP contribution in [0.3, 0.4) is 0 Å². The van der Waals surface area contributed by atoms with Gasteiger partial charge in [0.25, 0.3) is 0 Å². The summed E-state index contributed by atoms with van der Waals surface area (Å²) in [5, 5.41) is 0. The molecule has 0 radical (unpaired) electrons. The van der Waals surface area contributed by atoms with Crippen molar-refractivity contribution in [3.8, 4) is 0 Å². The summed E-state index contributed by atoms with van der Waals surface area (Å²) in [6, 6.07) is 0. The Morgan fingerprint density at radius 1 is 1.50 bits per heavy atom. The molecule has 1 fully saturated rings. The minimum Gasteiger partial charge on any atom is -0.443 e. The van der Waals surface area contributed by atoms with E-state index in [2.05, 4.69) is 0 Å². The Hall–Kier alpha value is -0.640. The first-order valence-electron chi connectivity index (χ1n) is 5.80. The Labute approximate surface area is 101 Å². The van der Waals surface area contributed by atoms with Crippen molar-refractivity contribution in [3.63, 3.8) is 0 Å². The fourth-order valence-electron chi connectivity index (χ4n) is 1.99. The maximum Gasteiger partial charge on any atom is 0.414 e. The zero-order valence-electron chi connectivity index (χ0n) is 10.2. The van der Waals surface area contributed by atoms with Gasteiger partial charge >= 0.3 is 6.09 Å². The second-order valence-corrected chi connectivity index (χ2v) is 6.50. The van der Waals surface area contributed by atoms with Crippen molar-refractivity contribution < 1.29 is 9.53 Å². The highest BCUT2D eigenvalue weighted by Gasteiger charge is 2.30. The van der Waals surface area contributed by atoms with Crippen LogP contribution in [0.4, 0.5) is 4.79 Å². The molecule has 2 rings (SSSR count). The molecule has 0 aromatic rings. The van der Waals surface area contributed by atoms with E-state index in [4.69, 9.17) is 4.74 Å². The molecule has 0 aliphatic carbocycles. The van der Waals surface area contributed by atoms with Gasteiger partial charge in [-0.3, -0.25) is 4.90 Å². The highest BCUT2D eigenvalue weighted by atomic mass is 32.2. The number of fused-ring (bicyclic) bond motifs is 1. The first kappa shape index (κ1) is 11.8. The number of nitrogens with zero attached hydrogens (tertiary/aromatic N) is 1. The van der Waals surface area contributed by atoms with E-state index >= 15 is 0 Å². The zero-order valence-corrected chi connectivity index (χ0v) is 11.0. The van der Waals surface area contributed by atoms with E-state index in [-0.39, 0.29) is 6.09 Å². The third-order valence-corrected chi connectivity index (χ3v) is 3.98. The normalized spacial score (nSPS) is 25.1. The Balaban J connectivity index is 2.01. The fraction of sp³-hybridized carbons (Fsp3) is 0.750. The molecular weight excluding hydrogens is 222 g/mol. The molecule has 1 amide bonds. The van der Waals surface area contributed by atoms with Crippen LogP contribution in [0.2, 0.25) is 0 Å². The molecule has 2 aliphatic rings. The van der Waals surface area contributed by atoms with Crippen LogP contribution in [0.15, 0.2) is 11.1 Å². The minimum absolute atomic E-state index is 0.217. The lowest BCUT2D eigenvalue weighted by molar-refractivity contribution is 0.0318. The molecule has 16 heavy (non-hydrogen) atoms. The molecular formula is C12H19NO2S. The highest BCUT2D eigenvalue weighted by molar-refractivity contribution is 8.03. The highest BCUT2D eigenvalue weighted by Crippen LogP contribution is 2.40. The van der Waals surface area contributed by atoms with Crippen molar-refractivity contribution in [3.05, 3.63) is 11.1 Å².